The van der Waals surface area contributed by atoms with E-state index in [4.69, 9.17) is 33.0 Å². The Bertz CT molecular complexity index is 5200. The largest absolute Gasteiger partial charge is 0.458 e. The zero-order chi connectivity index (χ0) is 72.0. The molecule has 396 valence electrons. The first-order valence-corrected chi connectivity index (χ1v) is 26.5. The van der Waals surface area contributed by atoms with E-state index >= 15 is 0 Å². The molecule has 9 aromatic carbocycles. The van der Waals surface area contributed by atoms with Gasteiger partial charge in [0.25, 0.3) is 6.33 Å². The average molecular weight is 1060 g/mol. The SMILES string of the molecule is [2H]c1c([2H])c([2H])c(-c2cnc(-n3c4ccccc4c4ccc(Oc5cccc(-n6[c-][n+](-c7c(-c8cc(C(C)(C)C)cc(C(C)(C)C)c8)cc(C(C)(C)C)cc7-c7c([2H])c([2H])c([2H])c([2H])c7[2H])c7ccc(-c8c(C([2H])([2H])[2H])cccc8C([2H])([2H])[2H])cc76)c5)cc43)cc2C([2H])([2H])[2H])c([2H])c1[2H]. The highest BCUT2D eigenvalue weighted by atomic mass is 16.5. The number of fused-ring (bicyclic) bond motifs is 4. The van der Waals surface area contributed by atoms with E-state index in [-0.39, 0.29) is 66.7 Å². The molecule has 0 saturated heterocycles. The first-order chi connectivity index (χ1) is 46.1. The van der Waals surface area contributed by atoms with E-state index in [1.807, 2.05) is 57.2 Å². The number of rotatable bonds is 9. The van der Waals surface area contributed by atoms with Gasteiger partial charge in [0.15, 0.2) is 0 Å². The maximum atomic E-state index is 9.62. The number of aromatic nitrogens is 4. The smallest absolute Gasteiger partial charge is 0.269 e. The average Bonchev–Trinajstić information content (AvgIpc) is 1.68. The lowest BCUT2D eigenvalue weighted by Crippen LogP contribution is -2.32. The van der Waals surface area contributed by atoms with Gasteiger partial charge in [-0.05, 0) is 158 Å². The molecule has 12 rings (SSSR count). The van der Waals surface area contributed by atoms with Crippen LogP contribution in [0.4, 0.5) is 0 Å². The van der Waals surface area contributed by atoms with Crippen LogP contribution in [0, 0.1) is 26.9 Å². The molecule has 0 atom stereocenters. The van der Waals surface area contributed by atoms with Gasteiger partial charge < -0.3 is 4.74 Å². The molecule has 0 aliphatic carbocycles. The molecule has 0 spiro atoms. The van der Waals surface area contributed by atoms with Crippen molar-refractivity contribution in [2.24, 2.45) is 0 Å². The van der Waals surface area contributed by atoms with E-state index in [0.717, 1.165) is 33.0 Å². The number of imidazole rings is 1. The summed E-state index contributed by atoms with van der Waals surface area (Å²) in [5.74, 6) is 0.784. The van der Waals surface area contributed by atoms with Gasteiger partial charge in [-0.3, -0.25) is 13.7 Å². The zero-order valence-corrected chi connectivity index (χ0v) is 46.1. The Hall–Kier alpha value is -8.80. The van der Waals surface area contributed by atoms with Gasteiger partial charge in [0.05, 0.1) is 47.1 Å². The fourth-order valence-electron chi connectivity index (χ4n) is 10.5. The molecular formula is C75H70N4O. The third kappa shape index (κ3) is 9.59. The minimum atomic E-state index is -2.85. The number of aryl methyl sites for hydroxylation is 3. The summed E-state index contributed by atoms with van der Waals surface area (Å²) in [6.45, 7) is 10.5. The predicted octanol–water partition coefficient (Wildman–Crippen LogP) is 19.5. The summed E-state index contributed by atoms with van der Waals surface area (Å²) in [6.07, 6.45) is 4.86. The van der Waals surface area contributed by atoms with Gasteiger partial charge in [-0.15, -0.1) is 0 Å². The third-order valence-corrected chi connectivity index (χ3v) is 14.8. The van der Waals surface area contributed by atoms with Crippen LogP contribution < -0.4 is 9.30 Å². The van der Waals surface area contributed by atoms with Gasteiger partial charge in [0.2, 0.25) is 0 Å². The molecule has 80 heavy (non-hydrogen) atoms. The first kappa shape index (κ1) is 34.3. The lowest BCUT2D eigenvalue weighted by atomic mass is 9.77. The number of hydrogen-bond acceptors (Lipinski definition) is 2. The fraction of sp³-hybridized carbons (Fsp3) is 0.200. The van der Waals surface area contributed by atoms with Gasteiger partial charge in [0.1, 0.15) is 17.3 Å². The molecule has 0 aliphatic rings. The first-order valence-electron chi connectivity index (χ1n) is 36.0. The molecule has 0 unspecified atom stereocenters. The molecule has 0 saturated carbocycles. The summed E-state index contributed by atoms with van der Waals surface area (Å²) in [5.41, 5.74) is 5.06. The van der Waals surface area contributed by atoms with Crippen LogP contribution in [0.25, 0.3) is 94.5 Å². The van der Waals surface area contributed by atoms with Crippen LogP contribution in [0.2, 0.25) is 0 Å². The summed E-state index contributed by atoms with van der Waals surface area (Å²) >= 11 is 0. The second kappa shape index (κ2) is 19.8. The quantitative estimate of drug-likeness (QED) is 0.107. The minimum Gasteiger partial charge on any atom is -0.458 e. The van der Waals surface area contributed by atoms with Gasteiger partial charge in [-0.2, -0.15) is 0 Å². The number of hydrogen-bond donors (Lipinski definition) is 0. The number of ether oxygens (including phenoxy) is 1. The monoisotopic (exact) mass is 1060 g/mol. The van der Waals surface area contributed by atoms with Crippen LogP contribution in [0.15, 0.2) is 206 Å². The van der Waals surface area contributed by atoms with E-state index in [0.29, 0.717) is 50.5 Å². The number of nitrogens with zero attached hydrogens (tertiary/aromatic N) is 4. The summed E-state index contributed by atoms with van der Waals surface area (Å²) in [5, 5.41) is 1.53. The molecule has 5 heteroatoms. The highest BCUT2D eigenvalue weighted by Gasteiger charge is 2.28. The van der Waals surface area contributed by atoms with Crippen molar-refractivity contribution < 1.29 is 35.3 Å². The van der Waals surface area contributed by atoms with Crippen LogP contribution >= 0.6 is 0 Å². The van der Waals surface area contributed by atoms with Crippen LogP contribution in [0.5, 0.6) is 11.5 Å². The Morgan fingerprint density at radius 1 is 0.487 bits per heavy atom. The second-order valence-corrected chi connectivity index (χ2v) is 23.4. The maximum Gasteiger partial charge on any atom is 0.269 e. The number of pyridine rings is 1. The highest BCUT2D eigenvalue weighted by molar-refractivity contribution is 6.09. The minimum absolute atomic E-state index is 0.0119. The lowest BCUT2D eigenvalue weighted by Gasteiger charge is -2.29. The fourth-order valence-corrected chi connectivity index (χ4v) is 10.5. The Balaban J connectivity index is 1.12. The van der Waals surface area contributed by atoms with Crippen LogP contribution in [0.3, 0.4) is 0 Å². The van der Waals surface area contributed by atoms with Gasteiger partial charge >= 0.3 is 0 Å². The summed E-state index contributed by atoms with van der Waals surface area (Å²) in [6, 6.07) is 35.4. The molecule has 3 heterocycles. The van der Waals surface area contributed by atoms with E-state index in [9.17, 15) is 2.74 Å². The molecule has 3 aromatic heterocycles. The molecule has 0 N–H and O–H groups in total. The van der Waals surface area contributed by atoms with E-state index in [2.05, 4.69) is 72.1 Å². The van der Waals surface area contributed by atoms with Gasteiger partial charge in [-0.1, -0.05) is 208 Å². The molecular weight excluding hydrogens is 973 g/mol. The highest BCUT2D eigenvalue weighted by Crippen LogP contribution is 2.43. The van der Waals surface area contributed by atoms with Crippen molar-refractivity contribution in [1.82, 2.24) is 14.1 Å². The molecule has 0 amide bonds. The van der Waals surface area contributed by atoms with Gasteiger partial charge in [-0.25, -0.2) is 4.98 Å². The number of benzene rings is 9. The molecule has 12 aromatic rings. The van der Waals surface area contributed by atoms with E-state index in [1.165, 1.54) is 30.5 Å². The molecule has 0 aliphatic heterocycles. The Kier molecular flexibility index (Phi) is 8.49. The van der Waals surface area contributed by atoms with Crippen molar-refractivity contribution in [2.75, 3.05) is 0 Å². The lowest BCUT2D eigenvalue weighted by molar-refractivity contribution is -0.571. The van der Waals surface area contributed by atoms with Crippen molar-refractivity contribution in [3.05, 3.63) is 246 Å². The van der Waals surface area contributed by atoms with Crippen molar-refractivity contribution in [3.63, 3.8) is 0 Å². The summed E-state index contributed by atoms with van der Waals surface area (Å²) in [7, 11) is 0. The van der Waals surface area contributed by atoms with E-state index in [1.54, 1.807) is 68.3 Å². The van der Waals surface area contributed by atoms with E-state index < -0.39 is 86.4 Å². The summed E-state index contributed by atoms with van der Waals surface area (Å²) < 4.78 is 179. The third-order valence-electron chi connectivity index (χ3n) is 14.8. The Labute approximate surface area is 499 Å². The van der Waals surface area contributed by atoms with Crippen molar-refractivity contribution >= 4 is 32.8 Å². The van der Waals surface area contributed by atoms with Crippen molar-refractivity contribution in [1.29, 1.82) is 0 Å². The predicted molar refractivity (Wildman–Crippen MR) is 334 cm³/mol. The zero-order valence-electron chi connectivity index (χ0n) is 65.1. The molecule has 0 radical (unpaired) electrons. The summed E-state index contributed by atoms with van der Waals surface area (Å²) in [4.78, 5) is 4.74. The van der Waals surface area contributed by atoms with Crippen molar-refractivity contribution in [3.8, 4) is 73.2 Å². The molecule has 5 nitrogen and oxygen atoms in total. The molecule has 0 fully saturated rings. The van der Waals surface area contributed by atoms with Crippen LogP contribution in [-0.4, -0.2) is 14.1 Å². The second-order valence-electron chi connectivity index (χ2n) is 23.4. The number of para-hydroxylation sites is 1. The topological polar surface area (TPSA) is 35.9 Å². The Morgan fingerprint density at radius 2 is 1.09 bits per heavy atom. The van der Waals surface area contributed by atoms with Crippen LogP contribution in [0.1, 0.15) is 122 Å². The molecule has 0 bridgehead atoms. The normalized spacial score (nSPS) is 16.1. The van der Waals surface area contributed by atoms with Crippen LogP contribution in [-0.2, 0) is 16.2 Å². The Morgan fingerprint density at radius 3 is 1.75 bits per heavy atom. The van der Waals surface area contributed by atoms with Gasteiger partial charge in [0, 0.05) is 40.9 Å². The van der Waals surface area contributed by atoms with Crippen molar-refractivity contribution in [2.45, 2.75) is 99.1 Å². The maximum absolute atomic E-state index is 9.62. The standard InChI is InChI=1S/C75H70N4O/c1-48-23-21-24-49(2)71(48)53-33-36-67-69(40-53)77(47-78(67)72-63(51-25-15-13-16-26-51)42-57(75(10,11)12)43-64(72)54-38-55(73(4,5)6)41-56(39-54)74(7,8)9)58-29-22-30-59(44-58)80-60-34-35-62-61-31-19-20-32-66(61)79(68(62)45-60)70-37-50(3)65(46-76-70)52-27-17-14-18-28-52/h13-46H,1-12H3/i1D3,2D3,3D3,13D,14D,15D,16D,17D,18D,25D,26D,27D,28D.